The highest BCUT2D eigenvalue weighted by Crippen LogP contribution is 1.82. The van der Waals surface area contributed by atoms with Gasteiger partial charge in [-0.05, 0) is 0 Å². The quantitative estimate of drug-likeness (QED) is 0.557. The maximum atomic E-state index is 10.8. The number of nitrogens with two attached hydrogens (primary N) is 1. The molecule has 0 aromatic carbocycles. The Balaban J connectivity index is 3.30. The lowest BCUT2D eigenvalue weighted by molar-refractivity contribution is -0.120. The van der Waals surface area contributed by atoms with E-state index in [4.69, 9.17) is 5.73 Å². The molecule has 0 bridgehead atoms. The largest absolute Gasteiger partial charge is 0.355 e. The molecule has 1 unspecified atom stereocenters. The van der Waals surface area contributed by atoms with Crippen LogP contribution in [0.1, 0.15) is 6.42 Å². The van der Waals surface area contributed by atoms with Gasteiger partial charge in [-0.3, -0.25) is 9.00 Å². The zero-order valence-electron chi connectivity index (χ0n) is 6.63. The van der Waals surface area contributed by atoms with Crippen LogP contribution in [0, 0.1) is 0 Å². The van der Waals surface area contributed by atoms with Crippen molar-refractivity contribution in [3.8, 4) is 0 Å². The van der Waals surface area contributed by atoms with Gasteiger partial charge in [0, 0.05) is 42.3 Å². The third-order valence-electron chi connectivity index (χ3n) is 1.08. The van der Waals surface area contributed by atoms with Gasteiger partial charge in [-0.15, -0.1) is 0 Å². The minimum Gasteiger partial charge on any atom is -0.355 e. The zero-order valence-corrected chi connectivity index (χ0v) is 7.45. The number of hydrogen-bond donors (Lipinski definition) is 2. The minimum atomic E-state index is -0.884. The predicted molar refractivity (Wildman–Crippen MR) is 45.6 cm³/mol. The van der Waals surface area contributed by atoms with Crippen molar-refractivity contribution in [3.05, 3.63) is 0 Å². The normalized spacial score (nSPS) is 12.5. The Morgan fingerprint density at radius 2 is 2.27 bits per heavy atom. The first-order valence-electron chi connectivity index (χ1n) is 3.43. The molecule has 11 heavy (non-hydrogen) atoms. The van der Waals surface area contributed by atoms with Crippen LogP contribution in [-0.2, 0) is 15.6 Å². The van der Waals surface area contributed by atoms with Crippen molar-refractivity contribution >= 4 is 16.7 Å². The van der Waals surface area contributed by atoms with Crippen molar-refractivity contribution in [3.63, 3.8) is 0 Å². The van der Waals surface area contributed by atoms with Crippen molar-refractivity contribution in [2.75, 3.05) is 25.1 Å². The Labute approximate surface area is 69.0 Å². The number of carbonyl (C=O) groups is 1. The Kier molecular flexibility index (Phi) is 6.06. The van der Waals surface area contributed by atoms with Crippen molar-refractivity contribution in [1.29, 1.82) is 0 Å². The molecule has 4 nitrogen and oxygen atoms in total. The van der Waals surface area contributed by atoms with E-state index in [0.717, 1.165) is 0 Å². The standard InChI is InChI=1S/C6H14N2O2S/c1-11(10)5-2-6(9)8-4-3-7/h2-5,7H2,1H3,(H,8,9). The Hall–Kier alpha value is -0.420. The van der Waals surface area contributed by atoms with Gasteiger partial charge in [-0.1, -0.05) is 0 Å². The molecule has 66 valence electrons. The fourth-order valence-electron chi connectivity index (χ4n) is 0.536. The molecule has 1 atom stereocenters. The Bertz CT molecular complexity index is 150. The summed E-state index contributed by atoms with van der Waals surface area (Å²) in [6, 6.07) is 0. The molecule has 0 aliphatic heterocycles. The Morgan fingerprint density at radius 3 is 2.73 bits per heavy atom. The van der Waals surface area contributed by atoms with Gasteiger partial charge in [0.15, 0.2) is 0 Å². The highest BCUT2D eigenvalue weighted by Gasteiger charge is 2.00. The fraction of sp³-hybridized carbons (Fsp3) is 0.833. The number of rotatable bonds is 5. The summed E-state index contributed by atoms with van der Waals surface area (Å²) >= 11 is 0. The number of amides is 1. The summed E-state index contributed by atoms with van der Waals surface area (Å²) in [5.41, 5.74) is 5.16. The van der Waals surface area contributed by atoms with Gasteiger partial charge >= 0.3 is 0 Å². The second-order valence-corrected chi connectivity index (χ2v) is 3.72. The summed E-state index contributed by atoms with van der Waals surface area (Å²) in [5, 5.41) is 2.59. The summed E-state index contributed by atoms with van der Waals surface area (Å²) in [6.45, 7) is 0.941. The first-order chi connectivity index (χ1) is 5.16. The van der Waals surface area contributed by atoms with E-state index in [-0.39, 0.29) is 5.91 Å². The maximum absolute atomic E-state index is 10.8. The van der Waals surface area contributed by atoms with E-state index in [9.17, 15) is 9.00 Å². The lowest BCUT2D eigenvalue weighted by Gasteiger charge is -2.00. The molecule has 0 heterocycles. The third kappa shape index (κ3) is 7.48. The molecular formula is C6H14N2O2S. The minimum absolute atomic E-state index is 0.0781. The first-order valence-corrected chi connectivity index (χ1v) is 5.16. The van der Waals surface area contributed by atoms with Crippen LogP contribution in [0.25, 0.3) is 0 Å². The molecular weight excluding hydrogens is 164 g/mol. The molecule has 0 spiro atoms. The van der Waals surface area contributed by atoms with E-state index < -0.39 is 10.8 Å². The van der Waals surface area contributed by atoms with Crippen LogP contribution < -0.4 is 11.1 Å². The van der Waals surface area contributed by atoms with Gasteiger partial charge in [-0.25, -0.2) is 0 Å². The number of carbonyl (C=O) groups excluding carboxylic acids is 1. The van der Waals surface area contributed by atoms with Gasteiger partial charge in [0.1, 0.15) is 0 Å². The summed E-state index contributed by atoms with van der Waals surface area (Å²) in [6.07, 6.45) is 1.90. The molecule has 0 fully saturated rings. The van der Waals surface area contributed by atoms with Crippen molar-refractivity contribution < 1.29 is 9.00 Å². The van der Waals surface area contributed by atoms with Crippen LogP contribution in [0.4, 0.5) is 0 Å². The number of nitrogens with one attached hydrogen (secondary N) is 1. The molecule has 1 amide bonds. The van der Waals surface area contributed by atoms with Crippen LogP contribution in [0.5, 0.6) is 0 Å². The van der Waals surface area contributed by atoms with E-state index in [1.165, 1.54) is 0 Å². The molecule has 0 aromatic heterocycles. The SMILES string of the molecule is CS(=O)CCC(=O)NCCN. The van der Waals surface area contributed by atoms with E-state index in [1.807, 2.05) is 0 Å². The zero-order chi connectivity index (χ0) is 8.69. The highest BCUT2D eigenvalue weighted by molar-refractivity contribution is 7.84. The molecule has 0 rings (SSSR count). The average Bonchev–Trinajstić information content (AvgIpc) is 1.97. The molecule has 0 radical (unpaired) electrons. The number of hydrogen-bond acceptors (Lipinski definition) is 3. The van der Waals surface area contributed by atoms with Gasteiger partial charge in [0.25, 0.3) is 0 Å². The molecule has 0 aliphatic carbocycles. The Morgan fingerprint density at radius 1 is 1.64 bits per heavy atom. The highest BCUT2D eigenvalue weighted by atomic mass is 32.2. The monoisotopic (exact) mass is 178 g/mol. The molecule has 0 aromatic rings. The lowest BCUT2D eigenvalue weighted by Crippen LogP contribution is -2.29. The van der Waals surface area contributed by atoms with Crippen LogP contribution in [0.2, 0.25) is 0 Å². The molecule has 5 heteroatoms. The van der Waals surface area contributed by atoms with Crippen LogP contribution in [0.15, 0.2) is 0 Å². The van der Waals surface area contributed by atoms with E-state index in [0.29, 0.717) is 25.3 Å². The smallest absolute Gasteiger partial charge is 0.220 e. The molecule has 3 N–H and O–H groups in total. The third-order valence-corrected chi connectivity index (χ3v) is 1.86. The van der Waals surface area contributed by atoms with Crippen molar-refractivity contribution in [2.45, 2.75) is 6.42 Å². The van der Waals surface area contributed by atoms with Crippen LogP contribution >= 0.6 is 0 Å². The second-order valence-electron chi connectivity index (χ2n) is 2.17. The van der Waals surface area contributed by atoms with Crippen LogP contribution in [-0.4, -0.2) is 35.2 Å². The van der Waals surface area contributed by atoms with E-state index in [2.05, 4.69) is 5.32 Å². The molecule has 0 saturated heterocycles. The van der Waals surface area contributed by atoms with Gasteiger partial charge in [-0.2, -0.15) is 0 Å². The topological polar surface area (TPSA) is 72.2 Å². The van der Waals surface area contributed by atoms with Crippen LogP contribution in [0.3, 0.4) is 0 Å². The summed E-state index contributed by atoms with van der Waals surface area (Å²) in [7, 11) is -0.884. The lowest BCUT2D eigenvalue weighted by atomic mass is 10.4. The predicted octanol–water partition coefficient (Wildman–Crippen LogP) is -1.17. The first kappa shape index (κ1) is 10.6. The summed E-state index contributed by atoms with van der Waals surface area (Å²) in [5.74, 6) is 0.349. The van der Waals surface area contributed by atoms with Gasteiger partial charge in [0.2, 0.25) is 5.91 Å². The fourth-order valence-corrected chi connectivity index (χ4v) is 1.01. The van der Waals surface area contributed by atoms with Gasteiger partial charge in [0.05, 0.1) is 0 Å². The summed E-state index contributed by atoms with van der Waals surface area (Å²) in [4.78, 5) is 10.8. The average molecular weight is 178 g/mol. The van der Waals surface area contributed by atoms with Crippen molar-refractivity contribution in [1.82, 2.24) is 5.32 Å². The molecule has 0 aliphatic rings. The second kappa shape index (κ2) is 6.30. The molecule has 0 saturated carbocycles. The summed E-state index contributed by atoms with van der Waals surface area (Å²) < 4.78 is 10.5. The maximum Gasteiger partial charge on any atom is 0.220 e. The van der Waals surface area contributed by atoms with Crippen molar-refractivity contribution in [2.24, 2.45) is 5.73 Å². The van der Waals surface area contributed by atoms with E-state index >= 15 is 0 Å². The van der Waals surface area contributed by atoms with E-state index in [1.54, 1.807) is 6.26 Å². The van der Waals surface area contributed by atoms with Gasteiger partial charge < -0.3 is 11.1 Å².